The lowest BCUT2D eigenvalue weighted by atomic mass is 9.89. The third-order valence-electron chi connectivity index (χ3n) is 5.72. The highest BCUT2D eigenvalue weighted by molar-refractivity contribution is 6.01. The molecular weight excluding hydrogens is 290 g/mol. The number of nitrogens with zero attached hydrogens (tertiary/aromatic N) is 3. The average Bonchev–Trinajstić information content (AvgIpc) is 2.75. The molecule has 2 amide bonds. The van der Waals surface area contributed by atoms with Gasteiger partial charge in [-0.2, -0.15) is 0 Å². The van der Waals surface area contributed by atoms with Crippen molar-refractivity contribution in [2.75, 3.05) is 45.8 Å². The number of likely N-dealkylation sites (tertiary alicyclic amines) is 1. The summed E-state index contributed by atoms with van der Waals surface area (Å²) in [6.45, 7) is 7.21. The van der Waals surface area contributed by atoms with E-state index >= 15 is 0 Å². The SMILES string of the molecule is O=C1CCC(=O)N1CCN1CCCN(CC2CCCCC2)CC1. The van der Waals surface area contributed by atoms with Crippen LogP contribution in [0.25, 0.3) is 0 Å². The molecule has 1 saturated carbocycles. The number of imide groups is 1. The summed E-state index contributed by atoms with van der Waals surface area (Å²) in [5.74, 6) is 0.947. The van der Waals surface area contributed by atoms with Gasteiger partial charge in [-0.1, -0.05) is 19.3 Å². The normalized spacial score (nSPS) is 26.0. The molecule has 0 aromatic heterocycles. The predicted octanol–water partition coefficient (Wildman–Crippen LogP) is 1.72. The molecule has 3 rings (SSSR count). The predicted molar refractivity (Wildman–Crippen MR) is 90.0 cm³/mol. The second-order valence-corrected chi connectivity index (χ2v) is 7.44. The van der Waals surface area contributed by atoms with Crippen LogP contribution in [0, 0.1) is 5.92 Å². The molecular formula is C18H31N3O2. The fourth-order valence-corrected chi connectivity index (χ4v) is 4.28. The van der Waals surface area contributed by atoms with Crippen LogP contribution in [0.3, 0.4) is 0 Å². The van der Waals surface area contributed by atoms with Crippen LogP contribution in [0.15, 0.2) is 0 Å². The molecule has 0 radical (unpaired) electrons. The summed E-state index contributed by atoms with van der Waals surface area (Å²) in [7, 11) is 0. The molecule has 2 heterocycles. The minimum Gasteiger partial charge on any atom is -0.302 e. The molecule has 3 fully saturated rings. The Morgan fingerprint density at radius 2 is 1.39 bits per heavy atom. The summed E-state index contributed by atoms with van der Waals surface area (Å²) in [6, 6.07) is 0. The van der Waals surface area contributed by atoms with E-state index in [0.29, 0.717) is 19.4 Å². The van der Waals surface area contributed by atoms with E-state index in [9.17, 15) is 9.59 Å². The Bertz CT molecular complexity index is 404. The van der Waals surface area contributed by atoms with Crippen molar-refractivity contribution in [3.05, 3.63) is 0 Å². The highest BCUT2D eigenvalue weighted by Crippen LogP contribution is 2.24. The van der Waals surface area contributed by atoms with Gasteiger partial charge >= 0.3 is 0 Å². The quantitative estimate of drug-likeness (QED) is 0.723. The third kappa shape index (κ3) is 4.77. The maximum absolute atomic E-state index is 11.7. The van der Waals surface area contributed by atoms with Crippen molar-refractivity contribution < 1.29 is 9.59 Å². The number of hydrogen-bond acceptors (Lipinski definition) is 4. The summed E-state index contributed by atoms with van der Waals surface area (Å²) in [5.41, 5.74) is 0. The Hall–Kier alpha value is -0.940. The van der Waals surface area contributed by atoms with E-state index in [1.165, 1.54) is 56.5 Å². The number of rotatable bonds is 5. The van der Waals surface area contributed by atoms with Gasteiger partial charge < -0.3 is 9.80 Å². The van der Waals surface area contributed by atoms with Crippen LogP contribution < -0.4 is 0 Å². The van der Waals surface area contributed by atoms with Crippen molar-refractivity contribution in [1.29, 1.82) is 0 Å². The van der Waals surface area contributed by atoms with Crippen molar-refractivity contribution in [2.24, 2.45) is 5.92 Å². The molecule has 2 saturated heterocycles. The summed E-state index contributed by atoms with van der Waals surface area (Å²) in [4.78, 5) is 29.9. The van der Waals surface area contributed by atoms with E-state index in [2.05, 4.69) is 9.80 Å². The van der Waals surface area contributed by atoms with Gasteiger partial charge in [0.1, 0.15) is 0 Å². The molecule has 5 heteroatoms. The summed E-state index contributed by atoms with van der Waals surface area (Å²) in [6.07, 6.45) is 9.12. The van der Waals surface area contributed by atoms with E-state index in [1.807, 2.05) is 0 Å². The largest absolute Gasteiger partial charge is 0.302 e. The van der Waals surface area contributed by atoms with Crippen LogP contribution in [0.1, 0.15) is 51.4 Å². The summed E-state index contributed by atoms with van der Waals surface area (Å²) < 4.78 is 0. The maximum atomic E-state index is 11.7. The molecule has 0 unspecified atom stereocenters. The van der Waals surface area contributed by atoms with Gasteiger partial charge in [-0.05, 0) is 38.3 Å². The highest BCUT2D eigenvalue weighted by Gasteiger charge is 2.29. The number of carbonyl (C=O) groups is 2. The average molecular weight is 321 g/mol. The Kier molecular flexibility index (Phi) is 6.06. The van der Waals surface area contributed by atoms with Gasteiger partial charge in [0.2, 0.25) is 11.8 Å². The molecule has 5 nitrogen and oxygen atoms in total. The van der Waals surface area contributed by atoms with Gasteiger partial charge in [0.25, 0.3) is 0 Å². The lowest BCUT2D eigenvalue weighted by Crippen LogP contribution is -2.39. The highest BCUT2D eigenvalue weighted by atomic mass is 16.2. The van der Waals surface area contributed by atoms with Gasteiger partial charge in [0.15, 0.2) is 0 Å². The van der Waals surface area contributed by atoms with Crippen LogP contribution in [-0.4, -0.2) is 72.3 Å². The van der Waals surface area contributed by atoms with Crippen molar-refractivity contribution in [1.82, 2.24) is 14.7 Å². The van der Waals surface area contributed by atoms with Gasteiger partial charge in [0, 0.05) is 45.6 Å². The van der Waals surface area contributed by atoms with E-state index < -0.39 is 0 Å². The smallest absolute Gasteiger partial charge is 0.229 e. The van der Waals surface area contributed by atoms with Crippen LogP contribution in [0.5, 0.6) is 0 Å². The zero-order valence-corrected chi connectivity index (χ0v) is 14.3. The van der Waals surface area contributed by atoms with Crippen molar-refractivity contribution in [2.45, 2.75) is 51.4 Å². The Morgan fingerprint density at radius 3 is 2.13 bits per heavy atom. The maximum Gasteiger partial charge on any atom is 0.229 e. The molecule has 1 aliphatic carbocycles. The van der Waals surface area contributed by atoms with Gasteiger partial charge in [-0.15, -0.1) is 0 Å². The molecule has 0 aromatic carbocycles. The first-order valence-electron chi connectivity index (χ1n) is 9.50. The topological polar surface area (TPSA) is 43.9 Å². The molecule has 0 spiro atoms. The summed E-state index contributed by atoms with van der Waals surface area (Å²) in [5, 5.41) is 0. The van der Waals surface area contributed by atoms with E-state index in [1.54, 1.807) is 0 Å². The van der Waals surface area contributed by atoms with Gasteiger partial charge in [0.05, 0.1) is 0 Å². The minimum atomic E-state index is 0.0174. The fourth-order valence-electron chi connectivity index (χ4n) is 4.28. The number of carbonyl (C=O) groups excluding carboxylic acids is 2. The molecule has 130 valence electrons. The van der Waals surface area contributed by atoms with Crippen LogP contribution in [0.2, 0.25) is 0 Å². The zero-order chi connectivity index (χ0) is 16.1. The molecule has 23 heavy (non-hydrogen) atoms. The van der Waals surface area contributed by atoms with Crippen LogP contribution >= 0.6 is 0 Å². The second-order valence-electron chi connectivity index (χ2n) is 7.44. The first-order chi connectivity index (χ1) is 11.2. The molecule has 0 bridgehead atoms. The van der Waals surface area contributed by atoms with E-state index in [0.717, 1.165) is 32.1 Å². The first-order valence-corrected chi connectivity index (χ1v) is 9.50. The van der Waals surface area contributed by atoms with Gasteiger partial charge in [-0.25, -0.2) is 0 Å². The third-order valence-corrected chi connectivity index (χ3v) is 5.72. The Labute approximate surface area is 140 Å². The van der Waals surface area contributed by atoms with Crippen molar-refractivity contribution >= 4 is 11.8 Å². The van der Waals surface area contributed by atoms with Crippen LogP contribution in [0.4, 0.5) is 0 Å². The van der Waals surface area contributed by atoms with E-state index in [-0.39, 0.29) is 11.8 Å². The first kappa shape index (κ1) is 16.9. The molecule has 0 N–H and O–H groups in total. The molecule has 0 aromatic rings. The lowest BCUT2D eigenvalue weighted by molar-refractivity contribution is -0.138. The number of hydrogen-bond donors (Lipinski definition) is 0. The Balaban J connectivity index is 1.39. The fraction of sp³-hybridized carbons (Fsp3) is 0.889. The number of amides is 2. The van der Waals surface area contributed by atoms with Crippen LogP contribution in [-0.2, 0) is 9.59 Å². The second kappa shape index (κ2) is 8.25. The standard InChI is InChI=1S/C18H31N3O2/c22-17-7-8-18(23)21(17)14-13-19-9-4-10-20(12-11-19)15-16-5-2-1-3-6-16/h16H,1-15H2. The molecule has 2 aliphatic heterocycles. The van der Waals surface area contributed by atoms with Gasteiger partial charge in [-0.3, -0.25) is 14.5 Å². The minimum absolute atomic E-state index is 0.0174. The monoisotopic (exact) mass is 321 g/mol. The van der Waals surface area contributed by atoms with Crippen molar-refractivity contribution in [3.8, 4) is 0 Å². The van der Waals surface area contributed by atoms with Crippen molar-refractivity contribution in [3.63, 3.8) is 0 Å². The Morgan fingerprint density at radius 1 is 0.739 bits per heavy atom. The zero-order valence-electron chi connectivity index (χ0n) is 14.3. The summed E-state index contributed by atoms with van der Waals surface area (Å²) >= 11 is 0. The lowest BCUT2D eigenvalue weighted by Gasteiger charge is -2.29. The molecule has 0 atom stereocenters. The molecule has 3 aliphatic rings. The van der Waals surface area contributed by atoms with E-state index in [4.69, 9.17) is 0 Å².